The second-order valence-corrected chi connectivity index (χ2v) is 14.5. The molecule has 0 saturated heterocycles. The Kier molecular flexibility index (Phi) is 10.7. The molecule has 0 radical (unpaired) electrons. The lowest BCUT2D eigenvalue weighted by atomic mass is 10.0. The first-order valence-electron chi connectivity index (χ1n) is 12.1. The largest absolute Gasteiger partial charge is 0.377 e. The Labute approximate surface area is 251 Å². The minimum Gasteiger partial charge on any atom is -0.377 e. The Morgan fingerprint density at radius 1 is 0.900 bits per heavy atom. The minimum absolute atomic E-state index is 0.0132. The normalized spacial score (nSPS) is 13.0. The molecule has 0 spiro atoms. The van der Waals surface area contributed by atoms with E-state index in [0.29, 0.717) is 14.5 Å². The average molecular weight is 715 g/mol. The molecule has 0 unspecified atom stereocenters. The summed E-state index contributed by atoms with van der Waals surface area (Å²) >= 11 is 6.64. The third-order valence-corrected chi connectivity index (χ3v) is 9.47. The molecule has 2 N–H and O–H groups in total. The lowest BCUT2D eigenvalue weighted by molar-refractivity contribution is -0.123. The van der Waals surface area contributed by atoms with E-state index < -0.39 is 32.1 Å². The molecule has 0 aliphatic heterocycles. The fourth-order valence-corrected chi connectivity index (χ4v) is 7.27. The molecular weight excluding hydrogens is 686 g/mol. The van der Waals surface area contributed by atoms with Crippen LogP contribution in [0.25, 0.3) is 0 Å². The van der Waals surface area contributed by atoms with E-state index in [4.69, 9.17) is 4.18 Å². The van der Waals surface area contributed by atoms with Gasteiger partial charge in [0.1, 0.15) is 10.9 Å². The van der Waals surface area contributed by atoms with E-state index in [1.165, 1.54) is 30.5 Å². The standard InChI is InChI=1S/C27H29Br2N3O6S2/c1-17(2)13-25(32-39(34,35)21-9-5-18(3)6-10-21)27(33)31-30-16-20-14-23(28)26(24(29)15-20)38-40(36,37)22-11-7-19(4)8-12-22/h5-12,14-17,25,32H,13H2,1-4H3,(H,31,33)/b30-16-/t25-/m0/s1. The van der Waals surface area contributed by atoms with Gasteiger partial charge in [-0.1, -0.05) is 49.2 Å². The predicted molar refractivity (Wildman–Crippen MR) is 161 cm³/mol. The monoisotopic (exact) mass is 713 g/mol. The summed E-state index contributed by atoms with van der Waals surface area (Å²) in [6.07, 6.45) is 1.59. The molecule has 0 fully saturated rings. The highest BCUT2D eigenvalue weighted by atomic mass is 79.9. The summed E-state index contributed by atoms with van der Waals surface area (Å²) < 4.78 is 59.6. The summed E-state index contributed by atoms with van der Waals surface area (Å²) in [6.45, 7) is 7.45. The Morgan fingerprint density at radius 2 is 1.40 bits per heavy atom. The number of amides is 1. The molecule has 0 aliphatic rings. The maximum Gasteiger partial charge on any atom is 0.339 e. The molecule has 0 aliphatic carbocycles. The number of rotatable bonds is 11. The van der Waals surface area contributed by atoms with Crippen LogP contribution in [0.5, 0.6) is 5.75 Å². The Hall–Kier alpha value is -2.58. The Bertz CT molecular complexity index is 1580. The highest BCUT2D eigenvalue weighted by Crippen LogP contribution is 2.36. The Morgan fingerprint density at radius 3 is 1.90 bits per heavy atom. The van der Waals surface area contributed by atoms with Gasteiger partial charge in [0.2, 0.25) is 10.0 Å². The van der Waals surface area contributed by atoms with Crippen LogP contribution in [0.15, 0.2) is 84.5 Å². The second kappa shape index (κ2) is 13.4. The number of benzene rings is 3. The number of nitrogens with one attached hydrogen (secondary N) is 2. The molecule has 3 rings (SSSR count). The van der Waals surface area contributed by atoms with Crippen LogP contribution in [0, 0.1) is 19.8 Å². The topological polar surface area (TPSA) is 131 Å². The van der Waals surface area contributed by atoms with Crippen molar-refractivity contribution in [1.29, 1.82) is 0 Å². The predicted octanol–water partition coefficient (Wildman–Crippen LogP) is 5.44. The van der Waals surface area contributed by atoms with E-state index in [9.17, 15) is 21.6 Å². The molecule has 40 heavy (non-hydrogen) atoms. The molecule has 0 aromatic heterocycles. The van der Waals surface area contributed by atoms with Gasteiger partial charge in [0.05, 0.1) is 20.1 Å². The number of hydrazone groups is 1. The molecule has 0 saturated carbocycles. The summed E-state index contributed by atoms with van der Waals surface area (Å²) in [5.41, 5.74) is 4.71. The van der Waals surface area contributed by atoms with Crippen molar-refractivity contribution >= 4 is 64.1 Å². The number of nitrogens with zero attached hydrogens (tertiary/aromatic N) is 1. The van der Waals surface area contributed by atoms with Crippen molar-refractivity contribution in [3.63, 3.8) is 0 Å². The Balaban J connectivity index is 1.73. The molecule has 13 heteroatoms. The summed E-state index contributed by atoms with van der Waals surface area (Å²) in [5.74, 6) is -0.553. The van der Waals surface area contributed by atoms with Gasteiger partial charge in [-0.15, -0.1) is 0 Å². The van der Waals surface area contributed by atoms with Crippen molar-refractivity contribution < 1.29 is 25.8 Å². The van der Waals surface area contributed by atoms with Crippen LogP contribution < -0.4 is 14.3 Å². The number of carbonyl (C=O) groups excluding carboxylic acids is 1. The van der Waals surface area contributed by atoms with Crippen LogP contribution in [0.3, 0.4) is 0 Å². The van der Waals surface area contributed by atoms with E-state index in [2.05, 4.69) is 47.1 Å². The van der Waals surface area contributed by atoms with Gasteiger partial charge in [0, 0.05) is 0 Å². The van der Waals surface area contributed by atoms with Crippen molar-refractivity contribution in [3.05, 3.63) is 86.3 Å². The second-order valence-electron chi connectivity index (χ2n) is 9.51. The van der Waals surface area contributed by atoms with E-state index in [0.717, 1.165) is 11.1 Å². The van der Waals surface area contributed by atoms with Crippen LogP contribution >= 0.6 is 31.9 Å². The lowest BCUT2D eigenvalue weighted by Crippen LogP contribution is -2.46. The maximum atomic E-state index is 12.9. The number of carbonyl (C=O) groups is 1. The lowest BCUT2D eigenvalue weighted by Gasteiger charge is -2.19. The van der Waals surface area contributed by atoms with Crippen LogP contribution in [-0.4, -0.2) is 35.0 Å². The van der Waals surface area contributed by atoms with Gasteiger partial charge in [-0.25, -0.2) is 13.8 Å². The van der Waals surface area contributed by atoms with E-state index in [-0.39, 0.29) is 27.9 Å². The summed E-state index contributed by atoms with van der Waals surface area (Å²) in [7, 11) is -8.02. The van der Waals surface area contributed by atoms with Crippen molar-refractivity contribution in [3.8, 4) is 5.75 Å². The average Bonchev–Trinajstić information content (AvgIpc) is 2.86. The zero-order chi connectivity index (χ0) is 29.7. The molecule has 214 valence electrons. The molecular formula is C27H29Br2N3O6S2. The summed E-state index contributed by atoms with van der Waals surface area (Å²) in [6, 6.07) is 14.7. The quantitative estimate of drug-likeness (QED) is 0.155. The van der Waals surface area contributed by atoms with Gasteiger partial charge in [0.15, 0.2) is 5.75 Å². The van der Waals surface area contributed by atoms with Crippen LogP contribution in [0.1, 0.15) is 37.0 Å². The highest BCUT2D eigenvalue weighted by molar-refractivity contribution is 9.11. The number of sulfonamides is 1. The van der Waals surface area contributed by atoms with Crippen LogP contribution in [-0.2, 0) is 24.9 Å². The summed E-state index contributed by atoms with van der Waals surface area (Å²) in [5, 5.41) is 3.97. The molecule has 3 aromatic rings. The number of halogens is 2. The summed E-state index contributed by atoms with van der Waals surface area (Å²) in [4.78, 5) is 12.9. The number of hydrogen-bond donors (Lipinski definition) is 2. The van der Waals surface area contributed by atoms with Gasteiger partial charge in [-0.2, -0.15) is 18.2 Å². The SMILES string of the molecule is Cc1ccc(S(=O)(=O)N[C@@H](CC(C)C)C(=O)N/N=C\c2cc(Br)c(OS(=O)(=O)c3ccc(C)cc3)c(Br)c2)cc1. The molecule has 9 nitrogen and oxygen atoms in total. The van der Waals surface area contributed by atoms with Crippen LogP contribution in [0.2, 0.25) is 0 Å². The highest BCUT2D eigenvalue weighted by Gasteiger charge is 2.26. The zero-order valence-electron chi connectivity index (χ0n) is 22.2. The first-order valence-corrected chi connectivity index (χ1v) is 16.6. The zero-order valence-corrected chi connectivity index (χ0v) is 27.0. The van der Waals surface area contributed by atoms with Gasteiger partial charge >= 0.3 is 10.1 Å². The first kappa shape index (κ1) is 31.9. The maximum absolute atomic E-state index is 12.9. The van der Waals surface area contributed by atoms with Crippen molar-refractivity contribution in [2.75, 3.05) is 0 Å². The van der Waals surface area contributed by atoms with Crippen molar-refractivity contribution in [2.24, 2.45) is 11.0 Å². The van der Waals surface area contributed by atoms with Crippen LogP contribution in [0.4, 0.5) is 0 Å². The van der Waals surface area contributed by atoms with Gasteiger partial charge < -0.3 is 4.18 Å². The van der Waals surface area contributed by atoms with E-state index in [1.54, 1.807) is 36.4 Å². The first-order chi connectivity index (χ1) is 18.7. The molecule has 3 aromatic carbocycles. The van der Waals surface area contributed by atoms with Gasteiger partial charge in [-0.05, 0) is 100 Å². The minimum atomic E-state index is -4.08. The van der Waals surface area contributed by atoms with Crippen molar-refractivity contribution in [2.45, 2.75) is 49.9 Å². The van der Waals surface area contributed by atoms with E-state index in [1.807, 2.05) is 27.7 Å². The molecule has 1 amide bonds. The van der Waals surface area contributed by atoms with Gasteiger partial charge in [0.25, 0.3) is 5.91 Å². The van der Waals surface area contributed by atoms with Gasteiger partial charge in [-0.3, -0.25) is 4.79 Å². The third kappa shape index (κ3) is 8.71. The molecule has 0 bridgehead atoms. The molecule has 1 atom stereocenters. The fraction of sp³-hybridized carbons (Fsp3) is 0.259. The molecule has 0 heterocycles. The van der Waals surface area contributed by atoms with E-state index >= 15 is 0 Å². The smallest absolute Gasteiger partial charge is 0.339 e. The third-order valence-electron chi connectivity index (χ3n) is 5.56. The fourth-order valence-electron chi connectivity index (χ4n) is 3.50. The number of hydrogen-bond acceptors (Lipinski definition) is 7. The number of aryl methyl sites for hydroxylation is 2. The van der Waals surface area contributed by atoms with Crippen molar-refractivity contribution in [1.82, 2.24) is 10.1 Å².